The molecule has 1 aromatic heterocycles. The van der Waals surface area contributed by atoms with E-state index in [1.165, 1.54) is 0 Å². The molecule has 114 valence electrons. The number of nitrogens with zero attached hydrogens (tertiary/aromatic N) is 1. The molecule has 1 atom stereocenters. The largest absolute Gasteiger partial charge is 0.495 e. The van der Waals surface area contributed by atoms with Gasteiger partial charge in [-0.15, -0.1) is 0 Å². The highest BCUT2D eigenvalue weighted by molar-refractivity contribution is 5.80. The van der Waals surface area contributed by atoms with Gasteiger partial charge < -0.3 is 15.8 Å². The number of carbonyl (C=O) groups is 1. The molecule has 0 saturated carbocycles. The van der Waals surface area contributed by atoms with E-state index < -0.39 is 0 Å². The van der Waals surface area contributed by atoms with Crippen LogP contribution < -0.4 is 15.8 Å². The van der Waals surface area contributed by atoms with Crippen LogP contribution in [0.5, 0.6) is 5.75 Å². The quantitative estimate of drug-likeness (QED) is 0.911. The number of rotatable bonds is 3. The third-order valence-electron chi connectivity index (χ3n) is 4.09. The Kier molecular flexibility index (Phi) is 3.71. The molecule has 1 aliphatic rings. The Morgan fingerprint density at radius 1 is 1.32 bits per heavy atom. The van der Waals surface area contributed by atoms with Crippen molar-refractivity contribution in [1.29, 1.82) is 0 Å². The highest BCUT2D eigenvalue weighted by atomic mass is 16.5. The first-order chi connectivity index (χ1) is 10.6. The van der Waals surface area contributed by atoms with Crippen molar-refractivity contribution in [2.75, 3.05) is 19.4 Å². The Hall–Kier alpha value is -2.56. The van der Waals surface area contributed by atoms with E-state index in [4.69, 9.17) is 10.5 Å². The average Bonchev–Trinajstić information content (AvgIpc) is 2.94. The number of hydrogen-bond acceptors (Lipinski definition) is 4. The molecule has 2 aromatic rings. The molecule has 22 heavy (non-hydrogen) atoms. The second-order valence-corrected chi connectivity index (χ2v) is 5.54. The molecule has 0 bridgehead atoms. The summed E-state index contributed by atoms with van der Waals surface area (Å²) in [7, 11) is 1.62. The minimum atomic E-state index is 0.116. The van der Waals surface area contributed by atoms with Crippen LogP contribution in [0.1, 0.15) is 23.6 Å². The van der Waals surface area contributed by atoms with Crippen molar-refractivity contribution in [2.24, 2.45) is 0 Å². The number of carbonyl (C=O) groups excluding carboxylic acids is 1. The third-order valence-corrected chi connectivity index (χ3v) is 4.09. The number of aryl methyl sites for hydroxylation is 1. The number of aromatic nitrogens is 1. The van der Waals surface area contributed by atoms with E-state index >= 15 is 0 Å². The summed E-state index contributed by atoms with van der Waals surface area (Å²) in [6.07, 6.45) is 0.557. The first-order valence-corrected chi connectivity index (χ1v) is 7.26. The lowest BCUT2D eigenvalue weighted by atomic mass is 9.95. The monoisotopic (exact) mass is 297 g/mol. The van der Waals surface area contributed by atoms with Crippen molar-refractivity contribution < 1.29 is 9.53 Å². The molecule has 0 radical (unpaired) electrons. The van der Waals surface area contributed by atoms with E-state index in [-0.39, 0.29) is 11.8 Å². The zero-order valence-electron chi connectivity index (χ0n) is 12.7. The lowest BCUT2D eigenvalue weighted by Crippen LogP contribution is -2.13. The van der Waals surface area contributed by atoms with Gasteiger partial charge in [0, 0.05) is 24.4 Å². The third kappa shape index (κ3) is 2.62. The van der Waals surface area contributed by atoms with Crippen molar-refractivity contribution in [3.05, 3.63) is 41.6 Å². The summed E-state index contributed by atoms with van der Waals surface area (Å²) in [5, 5.41) is 2.86. The number of nitrogens with two attached hydrogens (primary N) is 1. The molecular formula is C17H19N3O2. The molecule has 1 saturated heterocycles. The highest BCUT2D eigenvalue weighted by Gasteiger charge is 2.22. The molecule has 3 N–H and O–H groups in total. The van der Waals surface area contributed by atoms with Gasteiger partial charge in [-0.05, 0) is 24.1 Å². The molecular weight excluding hydrogens is 278 g/mol. The van der Waals surface area contributed by atoms with Crippen molar-refractivity contribution >= 4 is 11.7 Å². The van der Waals surface area contributed by atoms with Gasteiger partial charge in [0.1, 0.15) is 11.6 Å². The molecule has 1 aromatic carbocycles. The summed E-state index contributed by atoms with van der Waals surface area (Å²) in [5.74, 6) is 1.58. The molecule has 1 fully saturated rings. The van der Waals surface area contributed by atoms with E-state index in [1.54, 1.807) is 7.11 Å². The van der Waals surface area contributed by atoms with Crippen molar-refractivity contribution in [1.82, 2.24) is 10.3 Å². The minimum absolute atomic E-state index is 0.116. The number of pyridine rings is 1. The predicted molar refractivity (Wildman–Crippen MR) is 85.7 cm³/mol. The maximum atomic E-state index is 11.3. The lowest BCUT2D eigenvalue weighted by Gasteiger charge is -2.12. The summed E-state index contributed by atoms with van der Waals surface area (Å²) in [6.45, 7) is 2.58. The number of ether oxygens (including phenoxy) is 1. The minimum Gasteiger partial charge on any atom is -0.495 e. The number of nitrogens with one attached hydrogen (secondary N) is 1. The van der Waals surface area contributed by atoms with Crippen LogP contribution in [0, 0.1) is 6.92 Å². The Labute approximate surface area is 129 Å². The van der Waals surface area contributed by atoms with Gasteiger partial charge in [0.05, 0.1) is 12.8 Å². The zero-order valence-corrected chi connectivity index (χ0v) is 12.7. The Morgan fingerprint density at radius 2 is 2.05 bits per heavy atom. The first-order valence-electron chi connectivity index (χ1n) is 7.26. The molecule has 0 spiro atoms. The molecule has 3 rings (SSSR count). The van der Waals surface area contributed by atoms with E-state index in [1.807, 2.05) is 37.3 Å². The molecule has 2 heterocycles. The molecule has 0 aliphatic carbocycles. The number of nitrogen functional groups attached to an aromatic ring is 1. The smallest absolute Gasteiger partial charge is 0.220 e. The second-order valence-electron chi connectivity index (χ2n) is 5.54. The van der Waals surface area contributed by atoms with E-state index in [0.29, 0.717) is 18.8 Å². The van der Waals surface area contributed by atoms with Gasteiger partial charge in [0.15, 0.2) is 0 Å². The Balaban J connectivity index is 1.91. The molecule has 5 heteroatoms. The van der Waals surface area contributed by atoms with Crippen LogP contribution in [-0.2, 0) is 4.79 Å². The van der Waals surface area contributed by atoms with Crippen LogP contribution in [0.4, 0.5) is 5.82 Å². The van der Waals surface area contributed by atoms with Crippen LogP contribution in [-0.4, -0.2) is 24.5 Å². The van der Waals surface area contributed by atoms with Crippen molar-refractivity contribution in [3.63, 3.8) is 0 Å². The van der Waals surface area contributed by atoms with Crippen molar-refractivity contribution in [2.45, 2.75) is 19.3 Å². The van der Waals surface area contributed by atoms with E-state index in [0.717, 1.165) is 28.1 Å². The van der Waals surface area contributed by atoms with Crippen LogP contribution >= 0.6 is 0 Å². The van der Waals surface area contributed by atoms with E-state index in [9.17, 15) is 4.79 Å². The van der Waals surface area contributed by atoms with E-state index in [2.05, 4.69) is 10.3 Å². The highest BCUT2D eigenvalue weighted by Crippen LogP contribution is 2.32. The Morgan fingerprint density at radius 3 is 2.64 bits per heavy atom. The van der Waals surface area contributed by atoms with Gasteiger partial charge >= 0.3 is 0 Å². The zero-order chi connectivity index (χ0) is 15.7. The molecule has 5 nitrogen and oxygen atoms in total. The predicted octanol–water partition coefficient (Wildman–Crippen LogP) is 2.25. The van der Waals surface area contributed by atoms with Gasteiger partial charge in [0.2, 0.25) is 5.91 Å². The normalized spacial score (nSPS) is 17.4. The molecule has 1 amide bonds. The van der Waals surface area contributed by atoms with Crippen LogP contribution in [0.3, 0.4) is 0 Å². The summed E-state index contributed by atoms with van der Waals surface area (Å²) in [4.78, 5) is 15.6. The Bertz CT molecular complexity index is 711. The van der Waals surface area contributed by atoms with Gasteiger partial charge in [0.25, 0.3) is 0 Å². The van der Waals surface area contributed by atoms with Crippen LogP contribution in [0.25, 0.3) is 11.1 Å². The maximum Gasteiger partial charge on any atom is 0.220 e. The topological polar surface area (TPSA) is 77.2 Å². The number of methoxy groups -OCH3 is 1. The summed E-state index contributed by atoms with van der Waals surface area (Å²) in [6, 6.07) is 10.0. The summed E-state index contributed by atoms with van der Waals surface area (Å²) < 4.78 is 5.32. The van der Waals surface area contributed by atoms with Crippen LogP contribution in [0.15, 0.2) is 30.3 Å². The second kappa shape index (κ2) is 5.67. The molecule has 1 aliphatic heterocycles. The number of amides is 1. The number of benzene rings is 1. The fourth-order valence-corrected chi connectivity index (χ4v) is 2.82. The summed E-state index contributed by atoms with van der Waals surface area (Å²) >= 11 is 0. The van der Waals surface area contributed by atoms with Gasteiger partial charge in [-0.1, -0.05) is 24.3 Å². The van der Waals surface area contributed by atoms with Gasteiger partial charge in [-0.2, -0.15) is 0 Å². The fraction of sp³-hybridized carbons (Fsp3) is 0.294. The standard InChI is InChI=1S/C17H19N3O2/c1-10-15(22-2)8-14(17(18)20-10)12-5-3-11(4-6-12)13-7-16(21)19-9-13/h3-6,8,13H,7,9H2,1-2H3,(H2,18,20)(H,19,21). The van der Waals surface area contributed by atoms with Gasteiger partial charge in [-0.25, -0.2) is 4.98 Å². The van der Waals surface area contributed by atoms with Crippen molar-refractivity contribution in [3.8, 4) is 16.9 Å². The maximum absolute atomic E-state index is 11.3. The first kappa shape index (κ1) is 14.4. The average molecular weight is 297 g/mol. The number of anilines is 1. The van der Waals surface area contributed by atoms with Crippen LogP contribution in [0.2, 0.25) is 0 Å². The lowest BCUT2D eigenvalue weighted by molar-refractivity contribution is -0.119. The molecule has 1 unspecified atom stereocenters. The van der Waals surface area contributed by atoms with Gasteiger partial charge in [-0.3, -0.25) is 4.79 Å². The number of hydrogen-bond donors (Lipinski definition) is 2. The SMILES string of the molecule is COc1cc(-c2ccc(C3CNC(=O)C3)cc2)c(N)nc1C. The fourth-order valence-electron chi connectivity index (χ4n) is 2.82. The summed E-state index contributed by atoms with van der Waals surface area (Å²) in [5.41, 5.74) is 9.81.